The van der Waals surface area contributed by atoms with Crippen LogP contribution in [0.3, 0.4) is 0 Å². The number of aromatic nitrogens is 2. The Morgan fingerprint density at radius 2 is 1.75 bits per heavy atom. The van der Waals surface area contributed by atoms with Gasteiger partial charge in [-0.2, -0.15) is 13.9 Å². The van der Waals surface area contributed by atoms with Crippen LogP contribution in [-0.2, 0) is 0 Å². The van der Waals surface area contributed by atoms with Crippen molar-refractivity contribution < 1.29 is 18.3 Å². The van der Waals surface area contributed by atoms with Crippen LogP contribution in [0.2, 0.25) is 5.02 Å². The van der Waals surface area contributed by atoms with Gasteiger partial charge in [-0.15, -0.1) is 0 Å². The number of carbonyl (C=O) groups is 1. The molecule has 4 nitrogen and oxygen atoms in total. The molecular weight excluding hydrogens is 434 g/mol. The van der Waals surface area contributed by atoms with Crippen molar-refractivity contribution in [1.82, 2.24) is 9.78 Å². The zero-order chi connectivity index (χ0) is 22.5. The van der Waals surface area contributed by atoms with Crippen LogP contribution in [0, 0.1) is 0 Å². The number of hydrogen-bond donors (Lipinski definition) is 0. The van der Waals surface area contributed by atoms with Crippen LogP contribution >= 0.6 is 11.6 Å². The minimum absolute atomic E-state index is 0.00657. The van der Waals surface area contributed by atoms with Crippen molar-refractivity contribution >= 4 is 23.5 Å². The molecule has 0 atom stereocenters. The second kappa shape index (κ2) is 9.58. The molecule has 0 fully saturated rings. The number of ether oxygens (including phenoxy) is 1. The standard InChI is InChI=1S/C25H17ClF2N2O2/c26-20-6-4-5-18(15-20)24-19(16-30(29-24)21-7-2-1-3-8-21)11-14-23(31)17-9-12-22(13-10-17)32-25(27)28/h1-16,25H. The summed E-state index contributed by atoms with van der Waals surface area (Å²) in [4.78, 5) is 12.6. The van der Waals surface area contributed by atoms with Gasteiger partial charge in [0, 0.05) is 27.9 Å². The Kier molecular flexibility index (Phi) is 6.42. The van der Waals surface area contributed by atoms with Crippen LogP contribution < -0.4 is 4.74 Å². The number of rotatable bonds is 7. The summed E-state index contributed by atoms with van der Waals surface area (Å²) in [5.74, 6) is -0.286. The van der Waals surface area contributed by atoms with Gasteiger partial charge in [-0.3, -0.25) is 4.79 Å². The summed E-state index contributed by atoms with van der Waals surface area (Å²) in [7, 11) is 0. The van der Waals surface area contributed by atoms with E-state index >= 15 is 0 Å². The molecule has 160 valence electrons. The van der Waals surface area contributed by atoms with E-state index in [1.807, 2.05) is 48.7 Å². The largest absolute Gasteiger partial charge is 0.435 e. The van der Waals surface area contributed by atoms with Gasteiger partial charge in [0.25, 0.3) is 0 Å². The lowest BCUT2D eigenvalue weighted by atomic mass is 10.1. The first-order valence-corrected chi connectivity index (χ1v) is 10.1. The molecule has 0 saturated carbocycles. The predicted octanol–water partition coefficient (Wildman–Crippen LogP) is 6.69. The maximum Gasteiger partial charge on any atom is 0.387 e. The Labute approximate surface area is 188 Å². The van der Waals surface area contributed by atoms with Crippen molar-refractivity contribution in [2.75, 3.05) is 0 Å². The van der Waals surface area contributed by atoms with E-state index in [1.54, 1.807) is 22.9 Å². The average Bonchev–Trinajstić information content (AvgIpc) is 3.22. The minimum atomic E-state index is -2.91. The molecule has 0 radical (unpaired) electrons. The van der Waals surface area contributed by atoms with Crippen LogP contribution in [0.15, 0.2) is 91.1 Å². The summed E-state index contributed by atoms with van der Waals surface area (Å²) < 4.78 is 30.6. The number of ketones is 1. The van der Waals surface area contributed by atoms with E-state index in [-0.39, 0.29) is 11.5 Å². The van der Waals surface area contributed by atoms with Crippen LogP contribution in [0.4, 0.5) is 8.78 Å². The van der Waals surface area contributed by atoms with Gasteiger partial charge in [-0.25, -0.2) is 4.68 Å². The summed E-state index contributed by atoms with van der Waals surface area (Å²) in [5.41, 5.74) is 3.43. The molecule has 0 aliphatic rings. The lowest BCUT2D eigenvalue weighted by Gasteiger charge is -2.04. The lowest BCUT2D eigenvalue weighted by Crippen LogP contribution is -2.02. The highest BCUT2D eigenvalue weighted by atomic mass is 35.5. The van der Waals surface area contributed by atoms with Gasteiger partial charge in [0.05, 0.1) is 11.4 Å². The Morgan fingerprint density at radius 3 is 2.44 bits per heavy atom. The molecule has 0 saturated heterocycles. The van der Waals surface area contributed by atoms with E-state index in [0.29, 0.717) is 16.3 Å². The van der Waals surface area contributed by atoms with E-state index in [2.05, 4.69) is 9.84 Å². The third kappa shape index (κ3) is 5.10. The van der Waals surface area contributed by atoms with Crippen molar-refractivity contribution in [3.8, 4) is 22.7 Å². The average molecular weight is 451 g/mol. The van der Waals surface area contributed by atoms with Crippen molar-refractivity contribution in [1.29, 1.82) is 0 Å². The fourth-order valence-electron chi connectivity index (χ4n) is 3.14. The fourth-order valence-corrected chi connectivity index (χ4v) is 3.33. The van der Waals surface area contributed by atoms with Gasteiger partial charge in [-0.05, 0) is 60.7 Å². The second-order valence-electron chi connectivity index (χ2n) is 6.82. The molecular formula is C25H17ClF2N2O2. The van der Waals surface area contributed by atoms with Crippen LogP contribution in [0.5, 0.6) is 5.75 Å². The number of nitrogens with zero attached hydrogens (tertiary/aromatic N) is 2. The van der Waals surface area contributed by atoms with E-state index in [1.165, 1.54) is 30.3 Å². The molecule has 1 aromatic heterocycles. The summed E-state index contributed by atoms with van der Waals surface area (Å²) in [5, 5.41) is 5.27. The van der Waals surface area contributed by atoms with Crippen LogP contribution in [0.1, 0.15) is 15.9 Å². The first-order valence-electron chi connectivity index (χ1n) is 9.68. The number of carbonyl (C=O) groups excluding carboxylic acids is 1. The SMILES string of the molecule is O=C(C=Cc1cn(-c2ccccc2)nc1-c1cccc(Cl)c1)c1ccc(OC(F)F)cc1. The van der Waals surface area contributed by atoms with Gasteiger partial charge in [0.15, 0.2) is 5.78 Å². The van der Waals surface area contributed by atoms with Crippen molar-refractivity contribution in [3.63, 3.8) is 0 Å². The van der Waals surface area contributed by atoms with Gasteiger partial charge >= 0.3 is 6.61 Å². The quantitative estimate of drug-likeness (QED) is 0.233. The monoisotopic (exact) mass is 450 g/mol. The number of allylic oxidation sites excluding steroid dienone is 1. The van der Waals surface area contributed by atoms with Crippen molar-refractivity contribution in [2.24, 2.45) is 0 Å². The molecule has 0 bridgehead atoms. The molecule has 0 aliphatic carbocycles. The summed E-state index contributed by atoms with van der Waals surface area (Å²) >= 11 is 6.16. The maximum absolute atomic E-state index is 12.6. The Balaban J connectivity index is 1.65. The highest BCUT2D eigenvalue weighted by Gasteiger charge is 2.12. The molecule has 0 N–H and O–H groups in total. The molecule has 32 heavy (non-hydrogen) atoms. The molecule has 0 aliphatic heterocycles. The maximum atomic E-state index is 12.6. The first-order chi connectivity index (χ1) is 15.5. The topological polar surface area (TPSA) is 44.1 Å². The molecule has 4 rings (SSSR count). The summed E-state index contributed by atoms with van der Waals surface area (Å²) in [6.07, 6.45) is 4.92. The zero-order valence-electron chi connectivity index (χ0n) is 16.7. The number of hydrogen-bond acceptors (Lipinski definition) is 3. The highest BCUT2D eigenvalue weighted by Crippen LogP contribution is 2.27. The molecule has 0 spiro atoms. The van der Waals surface area contributed by atoms with Crippen LogP contribution in [-0.4, -0.2) is 22.2 Å². The summed E-state index contributed by atoms with van der Waals surface area (Å²) in [6.45, 7) is -2.91. The molecule has 0 unspecified atom stereocenters. The second-order valence-corrected chi connectivity index (χ2v) is 7.26. The summed E-state index contributed by atoms with van der Waals surface area (Å²) in [6, 6.07) is 22.5. The molecule has 4 aromatic rings. The molecule has 1 heterocycles. The van der Waals surface area contributed by atoms with Gasteiger partial charge in [-0.1, -0.05) is 41.9 Å². The molecule has 3 aromatic carbocycles. The van der Waals surface area contributed by atoms with Crippen molar-refractivity contribution in [3.05, 3.63) is 107 Å². The van der Waals surface area contributed by atoms with Gasteiger partial charge in [0.2, 0.25) is 0 Å². The van der Waals surface area contributed by atoms with E-state index in [0.717, 1.165) is 16.8 Å². The number of alkyl halides is 2. The number of para-hydroxylation sites is 1. The Hall–Kier alpha value is -3.77. The van der Waals surface area contributed by atoms with Gasteiger partial charge < -0.3 is 4.74 Å². The molecule has 0 amide bonds. The lowest BCUT2D eigenvalue weighted by molar-refractivity contribution is -0.0498. The van der Waals surface area contributed by atoms with E-state index in [9.17, 15) is 13.6 Å². The zero-order valence-corrected chi connectivity index (χ0v) is 17.4. The van der Waals surface area contributed by atoms with Gasteiger partial charge in [0.1, 0.15) is 5.75 Å². The smallest absolute Gasteiger partial charge is 0.387 e. The normalized spacial score (nSPS) is 11.2. The third-order valence-corrected chi connectivity index (χ3v) is 4.87. The minimum Gasteiger partial charge on any atom is -0.435 e. The fraction of sp³-hybridized carbons (Fsp3) is 0.0400. The predicted molar refractivity (Wildman–Crippen MR) is 120 cm³/mol. The molecule has 7 heteroatoms. The van der Waals surface area contributed by atoms with E-state index < -0.39 is 6.61 Å². The number of benzene rings is 3. The van der Waals surface area contributed by atoms with Crippen LogP contribution in [0.25, 0.3) is 23.0 Å². The van der Waals surface area contributed by atoms with Crippen molar-refractivity contribution in [2.45, 2.75) is 6.61 Å². The third-order valence-electron chi connectivity index (χ3n) is 4.64. The van der Waals surface area contributed by atoms with E-state index in [4.69, 9.17) is 11.6 Å². The Bertz CT molecular complexity index is 1250. The number of halogens is 3. The Morgan fingerprint density at radius 1 is 1.00 bits per heavy atom. The highest BCUT2D eigenvalue weighted by molar-refractivity contribution is 6.30. The first kappa shape index (κ1) is 21.5.